The minimum absolute atomic E-state index is 0.0111. The van der Waals surface area contributed by atoms with E-state index in [1.165, 1.54) is 11.1 Å². The second-order valence-corrected chi connectivity index (χ2v) is 14.3. The molecule has 2 aromatic rings. The molecule has 3 heterocycles. The van der Waals surface area contributed by atoms with Crippen molar-refractivity contribution in [1.82, 2.24) is 10.6 Å². The Hall–Kier alpha value is -2.95. The molecule has 3 aliphatic rings. The third-order valence-corrected chi connectivity index (χ3v) is 10.3. The number of anilines is 2. The molecule has 2 saturated heterocycles. The molecule has 2 fully saturated rings. The Balaban J connectivity index is 1.49. The normalized spacial score (nSPS) is 21.7. The van der Waals surface area contributed by atoms with Crippen LogP contribution in [0.4, 0.5) is 11.4 Å². The van der Waals surface area contributed by atoms with Crippen LogP contribution in [0.5, 0.6) is 5.75 Å². The summed E-state index contributed by atoms with van der Waals surface area (Å²) in [5.41, 5.74) is 3.92. The summed E-state index contributed by atoms with van der Waals surface area (Å²) >= 11 is 0. The zero-order valence-electron chi connectivity index (χ0n) is 24.8. The Morgan fingerprint density at radius 3 is 2.46 bits per heavy atom. The summed E-state index contributed by atoms with van der Waals surface area (Å²) < 4.78 is 32.6. The number of rotatable bonds is 7. The number of amidine groups is 1. The van der Waals surface area contributed by atoms with Crippen LogP contribution in [0.2, 0.25) is 0 Å². The molecule has 0 bridgehead atoms. The van der Waals surface area contributed by atoms with Gasteiger partial charge in [-0.1, -0.05) is 12.1 Å². The zero-order chi connectivity index (χ0) is 29.1. The van der Waals surface area contributed by atoms with Crippen molar-refractivity contribution in [2.75, 3.05) is 30.3 Å². The lowest BCUT2D eigenvalue weighted by atomic mass is 9.87. The number of para-hydroxylation sites is 1. The van der Waals surface area contributed by atoms with Gasteiger partial charge in [-0.3, -0.25) is 5.32 Å². The van der Waals surface area contributed by atoms with Crippen LogP contribution in [0.1, 0.15) is 70.4 Å². The van der Waals surface area contributed by atoms with Crippen molar-refractivity contribution in [2.24, 2.45) is 15.9 Å². The van der Waals surface area contributed by atoms with E-state index in [4.69, 9.17) is 14.7 Å². The molecule has 222 valence electrons. The predicted molar refractivity (Wildman–Crippen MR) is 167 cm³/mol. The highest BCUT2D eigenvalue weighted by molar-refractivity contribution is 7.92. The van der Waals surface area contributed by atoms with Crippen LogP contribution in [-0.2, 0) is 9.84 Å². The van der Waals surface area contributed by atoms with Crippen LogP contribution in [-0.4, -0.2) is 57.4 Å². The van der Waals surface area contributed by atoms with Gasteiger partial charge in [0.1, 0.15) is 17.8 Å². The number of nitrogens with one attached hydrogen (secondary N) is 4. The molecule has 41 heavy (non-hydrogen) atoms. The van der Waals surface area contributed by atoms with Crippen molar-refractivity contribution in [3.8, 4) is 5.75 Å². The van der Waals surface area contributed by atoms with Gasteiger partial charge in [-0.25, -0.2) is 13.4 Å². The largest absolute Gasteiger partial charge is 0.489 e. The van der Waals surface area contributed by atoms with Gasteiger partial charge in [0.15, 0.2) is 9.84 Å². The molecule has 0 aliphatic carbocycles. The number of sulfone groups is 1. The predicted octanol–water partition coefficient (Wildman–Crippen LogP) is 5.05. The first-order valence-corrected chi connectivity index (χ1v) is 16.5. The number of fused-ring (bicyclic) bond motifs is 1. The highest BCUT2D eigenvalue weighted by atomic mass is 32.2. The molecule has 0 spiro atoms. The Labute approximate surface area is 244 Å². The molecular formula is C31H44N6O3S. The van der Waals surface area contributed by atoms with Gasteiger partial charge >= 0.3 is 0 Å². The first kappa shape index (κ1) is 29.5. The summed E-state index contributed by atoms with van der Waals surface area (Å²) in [6.07, 6.45) is 3.98. The number of ether oxygens (including phenoxy) is 1. The lowest BCUT2D eigenvalue weighted by Crippen LogP contribution is -2.49. The van der Waals surface area contributed by atoms with Crippen LogP contribution < -0.4 is 26.0 Å². The molecule has 2 unspecified atom stereocenters. The van der Waals surface area contributed by atoms with E-state index < -0.39 is 15.1 Å². The van der Waals surface area contributed by atoms with Gasteiger partial charge in [-0.2, -0.15) is 4.99 Å². The van der Waals surface area contributed by atoms with E-state index in [0.717, 1.165) is 56.8 Å². The van der Waals surface area contributed by atoms with Crippen molar-refractivity contribution in [1.29, 1.82) is 0 Å². The molecule has 0 aromatic heterocycles. The molecule has 3 aliphatic heterocycles. The number of nitrogens with zero attached hydrogens (tertiary/aromatic N) is 2. The smallest absolute Gasteiger partial charge is 0.225 e. The average Bonchev–Trinajstić information content (AvgIpc) is 2.95. The van der Waals surface area contributed by atoms with Crippen molar-refractivity contribution in [3.63, 3.8) is 0 Å². The van der Waals surface area contributed by atoms with Gasteiger partial charge in [0.2, 0.25) is 5.96 Å². The van der Waals surface area contributed by atoms with Gasteiger partial charge in [-0.05, 0) is 121 Å². The fraction of sp³-hybridized carbons (Fsp3) is 0.548. The number of benzene rings is 2. The number of hydrogen-bond donors (Lipinski definition) is 4. The van der Waals surface area contributed by atoms with E-state index in [1.54, 1.807) is 32.0 Å². The molecule has 0 amide bonds. The molecule has 0 saturated carbocycles. The topological polar surface area (TPSA) is 116 Å². The van der Waals surface area contributed by atoms with E-state index in [0.29, 0.717) is 23.4 Å². The summed E-state index contributed by atoms with van der Waals surface area (Å²) in [6.45, 7) is 12.6. The number of piperidine rings is 2. The van der Waals surface area contributed by atoms with Crippen LogP contribution in [0.3, 0.4) is 0 Å². The van der Waals surface area contributed by atoms with Crippen molar-refractivity contribution in [3.05, 3.63) is 47.5 Å². The van der Waals surface area contributed by atoms with Gasteiger partial charge in [0, 0.05) is 0 Å². The number of guanidine groups is 1. The quantitative estimate of drug-likeness (QED) is 0.362. The van der Waals surface area contributed by atoms with Crippen LogP contribution in [0, 0.1) is 12.8 Å². The molecule has 2 atom stereocenters. The average molecular weight is 581 g/mol. The summed E-state index contributed by atoms with van der Waals surface area (Å²) in [5.74, 6) is 2.49. The minimum Gasteiger partial charge on any atom is -0.489 e. The second kappa shape index (κ2) is 12.5. The van der Waals surface area contributed by atoms with Crippen molar-refractivity contribution >= 4 is 33.0 Å². The molecular weight excluding hydrogens is 536 g/mol. The van der Waals surface area contributed by atoms with E-state index in [9.17, 15) is 8.42 Å². The standard InChI is InChI=1S/C31H44N6O3S/c1-19(2)40-27-18-24(22-12-15-32-16-13-22)21(5)17-26(27)35-31-36-29-23(9-8-14-33-29)30(37-31)34-25-10-6-7-11-28(25)41(38,39)20(3)4/h6-7,10-11,17-20,22-23,29,32-33H,8-9,12-16H2,1-5H3,(H2,34,35,36,37). The van der Waals surface area contributed by atoms with Crippen LogP contribution in [0.25, 0.3) is 0 Å². The number of hydrogen-bond acceptors (Lipinski definition) is 9. The Morgan fingerprint density at radius 1 is 0.976 bits per heavy atom. The van der Waals surface area contributed by atoms with E-state index in [1.807, 2.05) is 19.9 Å². The maximum Gasteiger partial charge on any atom is 0.225 e. The van der Waals surface area contributed by atoms with E-state index in [-0.39, 0.29) is 23.1 Å². The summed E-state index contributed by atoms with van der Waals surface area (Å²) in [5, 5.41) is 13.3. The summed E-state index contributed by atoms with van der Waals surface area (Å²) in [6, 6.07) is 11.4. The van der Waals surface area contributed by atoms with Gasteiger partial charge < -0.3 is 20.7 Å². The number of aryl methyl sites for hydroxylation is 1. The maximum atomic E-state index is 13.1. The first-order chi connectivity index (χ1) is 19.6. The Bertz CT molecular complexity index is 1410. The molecule has 5 rings (SSSR count). The SMILES string of the molecule is Cc1cc(NC2=NC3NCCCC3C(Nc3ccccc3S(=O)(=O)C(C)C)=N2)c(OC(C)C)cc1C1CCNCC1. The lowest BCUT2D eigenvalue weighted by Gasteiger charge is -2.34. The molecule has 9 nitrogen and oxygen atoms in total. The first-order valence-electron chi connectivity index (χ1n) is 14.9. The van der Waals surface area contributed by atoms with E-state index >= 15 is 0 Å². The Morgan fingerprint density at radius 2 is 1.73 bits per heavy atom. The molecule has 2 aromatic carbocycles. The zero-order valence-corrected chi connectivity index (χ0v) is 25.6. The Kier molecular flexibility index (Phi) is 9.01. The fourth-order valence-electron chi connectivity index (χ4n) is 5.89. The monoisotopic (exact) mass is 580 g/mol. The molecule has 10 heteroatoms. The van der Waals surface area contributed by atoms with E-state index in [2.05, 4.69) is 40.3 Å². The van der Waals surface area contributed by atoms with Crippen molar-refractivity contribution < 1.29 is 13.2 Å². The second-order valence-electron chi connectivity index (χ2n) is 11.8. The summed E-state index contributed by atoms with van der Waals surface area (Å²) in [4.78, 5) is 10.2. The van der Waals surface area contributed by atoms with Crippen molar-refractivity contribution in [2.45, 2.75) is 88.6 Å². The number of aliphatic imine (C=N–C) groups is 2. The highest BCUT2D eigenvalue weighted by Crippen LogP contribution is 2.37. The van der Waals surface area contributed by atoms with Gasteiger partial charge in [0.25, 0.3) is 0 Å². The minimum atomic E-state index is -3.48. The molecule has 0 radical (unpaired) electrons. The van der Waals surface area contributed by atoms with Gasteiger partial charge in [0.05, 0.1) is 33.5 Å². The van der Waals surface area contributed by atoms with Crippen LogP contribution in [0.15, 0.2) is 51.3 Å². The van der Waals surface area contributed by atoms with Gasteiger partial charge in [-0.15, -0.1) is 0 Å². The lowest BCUT2D eigenvalue weighted by molar-refractivity contribution is 0.243. The van der Waals surface area contributed by atoms with Crippen LogP contribution >= 0.6 is 0 Å². The maximum absolute atomic E-state index is 13.1. The summed E-state index contributed by atoms with van der Waals surface area (Å²) in [7, 11) is -3.48. The molecule has 4 N–H and O–H groups in total. The fourth-order valence-corrected chi connectivity index (χ4v) is 7.09. The third kappa shape index (κ3) is 6.60. The highest BCUT2D eigenvalue weighted by Gasteiger charge is 2.34. The third-order valence-electron chi connectivity index (χ3n) is 8.10.